The number of aromatic nitrogens is 1. The van der Waals surface area contributed by atoms with Gasteiger partial charge in [0.05, 0.1) is 13.3 Å². The van der Waals surface area contributed by atoms with Gasteiger partial charge in [-0.25, -0.2) is 14.2 Å². The Kier molecular flexibility index (Phi) is 3.45. The molecule has 0 fully saturated rings. The van der Waals surface area contributed by atoms with E-state index >= 15 is 0 Å². The lowest BCUT2D eigenvalue weighted by Gasteiger charge is -2.19. The summed E-state index contributed by atoms with van der Waals surface area (Å²) in [6, 6.07) is 1.13. The predicted molar refractivity (Wildman–Crippen MR) is 59.1 cm³/mol. The molecule has 94 valence electrons. The van der Waals surface area contributed by atoms with Crippen LogP contribution < -0.4 is 0 Å². The van der Waals surface area contributed by atoms with Crippen molar-refractivity contribution in [3.8, 4) is 5.75 Å². The third-order valence-corrected chi connectivity index (χ3v) is 1.79. The lowest BCUT2D eigenvalue weighted by atomic mass is 10.2. The average molecular weight is 241 g/mol. The molecule has 0 saturated heterocycles. The first kappa shape index (κ1) is 13.1. The summed E-state index contributed by atoms with van der Waals surface area (Å²) in [5.74, 6) is -0.938. The van der Waals surface area contributed by atoms with Gasteiger partial charge in [-0.2, -0.15) is 0 Å². The molecule has 0 amide bonds. The second-order valence-electron chi connectivity index (χ2n) is 4.43. The lowest BCUT2D eigenvalue weighted by Crippen LogP contribution is -2.28. The first-order valence-corrected chi connectivity index (χ1v) is 4.97. The Labute approximate surface area is 98.7 Å². The fourth-order valence-corrected chi connectivity index (χ4v) is 1.17. The molecule has 0 aliphatic heterocycles. The molecule has 6 heteroatoms. The summed E-state index contributed by atoms with van der Waals surface area (Å²) in [4.78, 5) is 23.1. The van der Waals surface area contributed by atoms with E-state index in [-0.39, 0.29) is 11.4 Å². The van der Waals surface area contributed by atoms with Gasteiger partial charge in [0.2, 0.25) is 0 Å². The van der Waals surface area contributed by atoms with Crippen molar-refractivity contribution >= 4 is 12.1 Å². The van der Waals surface area contributed by atoms with Crippen molar-refractivity contribution in [3.05, 3.63) is 18.0 Å². The Morgan fingerprint density at radius 3 is 2.41 bits per heavy atom. The molecular weight excluding hydrogens is 226 g/mol. The van der Waals surface area contributed by atoms with Crippen molar-refractivity contribution in [2.24, 2.45) is 0 Å². The van der Waals surface area contributed by atoms with Gasteiger partial charge in [0.1, 0.15) is 17.0 Å². The fraction of sp³-hybridized carbons (Fsp3) is 0.455. The number of esters is 1. The summed E-state index contributed by atoms with van der Waals surface area (Å²) in [7, 11) is 1.19. The molecule has 0 bridgehead atoms. The molecule has 0 aliphatic carbocycles. The SMILES string of the molecule is COC(=O)c1cc(O)cn1C(=O)OC(C)(C)C. The highest BCUT2D eigenvalue weighted by Gasteiger charge is 2.23. The van der Waals surface area contributed by atoms with E-state index in [0.29, 0.717) is 0 Å². The predicted octanol–water partition coefficient (Wildman–Crippen LogP) is 1.76. The molecule has 0 aromatic carbocycles. The van der Waals surface area contributed by atoms with Gasteiger partial charge in [0.15, 0.2) is 0 Å². The largest absolute Gasteiger partial charge is 0.506 e. The second kappa shape index (κ2) is 4.48. The molecule has 17 heavy (non-hydrogen) atoms. The van der Waals surface area contributed by atoms with Crippen LogP contribution in [-0.4, -0.2) is 34.4 Å². The van der Waals surface area contributed by atoms with Crippen LogP contribution in [0.1, 0.15) is 31.3 Å². The minimum Gasteiger partial charge on any atom is -0.506 e. The summed E-state index contributed by atoms with van der Waals surface area (Å²) in [5.41, 5.74) is -0.774. The minimum atomic E-state index is -0.752. The van der Waals surface area contributed by atoms with Crippen LogP contribution in [0.4, 0.5) is 4.79 Å². The molecule has 6 nitrogen and oxygen atoms in total. The van der Waals surface area contributed by atoms with Gasteiger partial charge in [0, 0.05) is 6.07 Å². The molecule has 0 aliphatic rings. The third-order valence-electron chi connectivity index (χ3n) is 1.79. The Morgan fingerprint density at radius 2 is 1.94 bits per heavy atom. The second-order valence-corrected chi connectivity index (χ2v) is 4.43. The number of aromatic hydroxyl groups is 1. The smallest absolute Gasteiger partial charge is 0.419 e. The number of methoxy groups -OCH3 is 1. The Bertz CT molecular complexity index is 441. The number of rotatable bonds is 1. The van der Waals surface area contributed by atoms with E-state index in [0.717, 1.165) is 16.8 Å². The zero-order chi connectivity index (χ0) is 13.2. The molecule has 0 unspecified atom stereocenters. The number of ether oxygens (including phenoxy) is 2. The third kappa shape index (κ3) is 3.24. The van der Waals surface area contributed by atoms with Crippen molar-refractivity contribution in [3.63, 3.8) is 0 Å². The maximum Gasteiger partial charge on any atom is 0.419 e. The van der Waals surface area contributed by atoms with E-state index < -0.39 is 17.7 Å². The van der Waals surface area contributed by atoms with Gasteiger partial charge in [-0.05, 0) is 20.8 Å². The van der Waals surface area contributed by atoms with Crippen molar-refractivity contribution in [2.75, 3.05) is 7.11 Å². The highest BCUT2D eigenvalue weighted by molar-refractivity contribution is 5.92. The van der Waals surface area contributed by atoms with Crippen LogP contribution in [0.5, 0.6) is 5.75 Å². The van der Waals surface area contributed by atoms with Gasteiger partial charge in [-0.1, -0.05) is 0 Å². The lowest BCUT2D eigenvalue weighted by molar-refractivity contribution is 0.0483. The van der Waals surface area contributed by atoms with Crippen molar-refractivity contribution < 1.29 is 24.2 Å². The zero-order valence-electron chi connectivity index (χ0n) is 10.2. The van der Waals surface area contributed by atoms with Gasteiger partial charge in [0.25, 0.3) is 0 Å². The maximum atomic E-state index is 11.7. The number of hydrogen-bond acceptors (Lipinski definition) is 5. The van der Waals surface area contributed by atoms with Crippen molar-refractivity contribution in [1.29, 1.82) is 0 Å². The van der Waals surface area contributed by atoms with Crippen LogP contribution in [0.2, 0.25) is 0 Å². The van der Waals surface area contributed by atoms with Crippen LogP contribution in [0.3, 0.4) is 0 Å². The van der Waals surface area contributed by atoms with Gasteiger partial charge < -0.3 is 14.6 Å². The molecular formula is C11H15NO5. The highest BCUT2D eigenvalue weighted by Crippen LogP contribution is 2.18. The van der Waals surface area contributed by atoms with Crippen LogP contribution >= 0.6 is 0 Å². The number of nitrogens with zero attached hydrogens (tertiary/aromatic N) is 1. The summed E-state index contributed by atoms with van der Waals surface area (Å²) in [6.45, 7) is 5.10. The Hall–Kier alpha value is -1.98. The molecule has 1 rings (SSSR count). The molecule has 1 aromatic heterocycles. The average Bonchev–Trinajstić information content (AvgIpc) is 2.56. The van der Waals surface area contributed by atoms with E-state index in [2.05, 4.69) is 4.74 Å². The molecule has 1 N–H and O–H groups in total. The van der Waals surface area contributed by atoms with Gasteiger partial charge in [-0.15, -0.1) is 0 Å². The van der Waals surface area contributed by atoms with Crippen LogP contribution in [0.25, 0.3) is 0 Å². The van der Waals surface area contributed by atoms with E-state index in [1.807, 2.05) is 0 Å². The molecule has 1 heterocycles. The molecule has 0 saturated carbocycles. The van der Waals surface area contributed by atoms with Gasteiger partial charge >= 0.3 is 12.1 Å². The van der Waals surface area contributed by atoms with E-state index in [1.54, 1.807) is 20.8 Å². The maximum absolute atomic E-state index is 11.7. The van der Waals surface area contributed by atoms with Crippen LogP contribution in [0.15, 0.2) is 12.3 Å². The van der Waals surface area contributed by atoms with E-state index in [4.69, 9.17) is 4.74 Å². The first-order chi connectivity index (χ1) is 7.74. The summed E-state index contributed by atoms with van der Waals surface area (Å²) in [5, 5.41) is 9.29. The topological polar surface area (TPSA) is 77.8 Å². The molecule has 1 aromatic rings. The quantitative estimate of drug-likeness (QED) is 0.758. The van der Waals surface area contributed by atoms with Gasteiger partial charge in [-0.3, -0.25) is 0 Å². The monoisotopic (exact) mass is 241 g/mol. The molecule has 0 atom stereocenters. The summed E-state index contributed by atoms with van der Waals surface area (Å²) < 4.78 is 10.5. The van der Waals surface area contributed by atoms with E-state index in [9.17, 15) is 14.7 Å². The first-order valence-electron chi connectivity index (χ1n) is 4.97. The summed E-state index contributed by atoms with van der Waals surface area (Å²) in [6.07, 6.45) is 0.346. The fourth-order valence-electron chi connectivity index (χ4n) is 1.17. The zero-order valence-corrected chi connectivity index (χ0v) is 10.2. The minimum absolute atomic E-state index is 0.0840. The number of carbonyl (C=O) groups is 2. The van der Waals surface area contributed by atoms with E-state index in [1.165, 1.54) is 7.11 Å². The highest BCUT2D eigenvalue weighted by atomic mass is 16.6. The van der Waals surface area contributed by atoms with Crippen LogP contribution in [-0.2, 0) is 9.47 Å². The normalized spacial score (nSPS) is 11.1. The Morgan fingerprint density at radius 1 is 1.35 bits per heavy atom. The number of hydrogen-bond donors (Lipinski definition) is 1. The van der Waals surface area contributed by atoms with Crippen molar-refractivity contribution in [2.45, 2.75) is 26.4 Å². The van der Waals surface area contributed by atoms with Crippen LogP contribution in [0, 0.1) is 0 Å². The molecule has 0 radical (unpaired) electrons. The number of carbonyl (C=O) groups excluding carboxylic acids is 2. The molecule has 0 spiro atoms. The summed E-state index contributed by atoms with van der Waals surface area (Å²) >= 11 is 0. The Balaban J connectivity index is 3.05. The standard InChI is InChI=1S/C11H15NO5/c1-11(2,3)17-10(15)12-6-7(13)5-8(12)9(14)16-4/h5-6,13H,1-4H3. The van der Waals surface area contributed by atoms with Crippen molar-refractivity contribution in [1.82, 2.24) is 4.57 Å².